The maximum atomic E-state index is 4.49. The molecule has 9 aromatic rings. The van der Waals surface area contributed by atoms with Crippen molar-refractivity contribution in [1.29, 1.82) is 0 Å². The van der Waals surface area contributed by atoms with Gasteiger partial charge >= 0.3 is 0 Å². The van der Waals surface area contributed by atoms with Crippen molar-refractivity contribution < 1.29 is 0 Å². The Hall–Kier alpha value is -5.93. The number of hydrogen-bond acceptors (Lipinski definition) is 1. The Morgan fingerprint density at radius 2 is 1.02 bits per heavy atom. The summed E-state index contributed by atoms with van der Waals surface area (Å²) in [5, 5.41) is 4.86. The Labute approximate surface area is 254 Å². The Bertz CT molecular complexity index is 2470. The number of pyridine rings is 1. The third-order valence-electron chi connectivity index (χ3n) is 8.82. The highest BCUT2D eigenvalue weighted by atomic mass is 15.0. The molecule has 0 atom stereocenters. The first-order chi connectivity index (χ1) is 21.8. The Kier molecular flexibility index (Phi) is 5.50. The fourth-order valence-electron chi connectivity index (χ4n) is 6.84. The van der Waals surface area contributed by atoms with Crippen molar-refractivity contribution in [3.05, 3.63) is 164 Å². The molecular formula is C41H27N3. The van der Waals surface area contributed by atoms with Gasteiger partial charge in [0.25, 0.3) is 0 Å². The van der Waals surface area contributed by atoms with Crippen molar-refractivity contribution in [2.45, 2.75) is 0 Å². The van der Waals surface area contributed by atoms with Gasteiger partial charge in [0, 0.05) is 50.9 Å². The lowest BCUT2D eigenvalue weighted by Crippen LogP contribution is -1.96. The van der Waals surface area contributed by atoms with Crippen LogP contribution < -0.4 is 0 Å². The summed E-state index contributed by atoms with van der Waals surface area (Å²) in [5.74, 6) is 0. The van der Waals surface area contributed by atoms with Crippen LogP contribution in [0, 0.1) is 0 Å². The molecule has 0 N–H and O–H groups in total. The van der Waals surface area contributed by atoms with E-state index in [0.717, 1.165) is 22.3 Å². The molecule has 3 aromatic heterocycles. The summed E-state index contributed by atoms with van der Waals surface area (Å²) in [4.78, 5) is 4.49. The van der Waals surface area contributed by atoms with Gasteiger partial charge in [-0.25, -0.2) is 0 Å². The lowest BCUT2D eigenvalue weighted by Gasteiger charge is -2.13. The van der Waals surface area contributed by atoms with Gasteiger partial charge in [-0.15, -0.1) is 0 Å². The lowest BCUT2D eigenvalue weighted by molar-refractivity contribution is 1.17. The zero-order valence-electron chi connectivity index (χ0n) is 23.9. The van der Waals surface area contributed by atoms with Crippen molar-refractivity contribution >= 4 is 43.6 Å². The molecule has 0 fully saturated rings. The minimum Gasteiger partial charge on any atom is -0.309 e. The molecule has 0 aliphatic carbocycles. The zero-order chi connectivity index (χ0) is 29.0. The summed E-state index contributed by atoms with van der Waals surface area (Å²) in [6, 6.07) is 54.5. The maximum Gasteiger partial charge on any atom is 0.0620 e. The van der Waals surface area contributed by atoms with Crippen LogP contribution in [0.1, 0.15) is 0 Å². The van der Waals surface area contributed by atoms with Crippen LogP contribution in [0.15, 0.2) is 164 Å². The molecule has 0 saturated heterocycles. The fourth-order valence-corrected chi connectivity index (χ4v) is 6.84. The molecule has 9 rings (SSSR count). The third-order valence-corrected chi connectivity index (χ3v) is 8.82. The van der Waals surface area contributed by atoms with E-state index < -0.39 is 0 Å². The van der Waals surface area contributed by atoms with E-state index in [4.69, 9.17) is 0 Å². The molecule has 6 aromatic carbocycles. The van der Waals surface area contributed by atoms with Crippen molar-refractivity contribution in [2.75, 3.05) is 0 Å². The Morgan fingerprint density at radius 1 is 0.386 bits per heavy atom. The van der Waals surface area contributed by atoms with Crippen LogP contribution >= 0.6 is 0 Å². The molecule has 3 heteroatoms. The largest absolute Gasteiger partial charge is 0.309 e. The van der Waals surface area contributed by atoms with Crippen molar-refractivity contribution in [3.63, 3.8) is 0 Å². The van der Waals surface area contributed by atoms with E-state index in [1.165, 1.54) is 55.0 Å². The van der Waals surface area contributed by atoms with Crippen LogP contribution in [0.2, 0.25) is 0 Å². The normalized spacial score (nSPS) is 11.6. The quantitative estimate of drug-likeness (QED) is 0.210. The highest BCUT2D eigenvalue weighted by Crippen LogP contribution is 2.40. The molecule has 3 heterocycles. The molecule has 0 radical (unpaired) electrons. The van der Waals surface area contributed by atoms with Gasteiger partial charge in [0.2, 0.25) is 0 Å². The molecule has 44 heavy (non-hydrogen) atoms. The average Bonchev–Trinajstić information content (AvgIpc) is 3.62. The second-order valence-corrected chi connectivity index (χ2v) is 11.3. The van der Waals surface area contributed by atoms with E-state index in [1.54, 1.807) is 0 Å². The van der Waals surface area contributed by atoms with Crippen LogP contribution in [0.5, 0.6) is 0 Å². The van der Waals surface area contributed by atoms with Crippen molar-refractivity contribution in [2.24, 2.45) is 0 Å². The third kappa shape index (κ3) is 3.73. The Morgan fingerprint density at radius 3 is 1.86 bits per heavy atom. The molecule has 3 nitrogen and oxygen atoms in total. The molecule has 0 aliphatic heterocycles. The number of hydrogen-bond donors (Lipinski definition) is 0. The minimum atomic E-state index is 1.14. The van der Waals surface area contributed by atoms with Gasteiger partial charge in [-0.2, -0.15) is 0 Å². The lowest BCUT2D eigenvalue weighted by atomic mass is 10.0. The predicted molar refractivity (Wildman–Crippen MR) is 184 cm³/mol. The van der Waals surface area contributed by atoms with Crippen LogP contribution in [-0.2, 0) is 0 Å². The van der Waals surface area contributed by atoms with E-state index in [2.05, 4.69) is 166 Å². The van der Waals surface area contributed by atoms with E-state index in [-0.39, 0.29) is 0 Å². The molecule has 0 bridgehead atoms. The molecule has 206 valence electrons. The van der Waals surface area contributed by atoms with Crippen LogP contribution in [0.3, 0.4) is 0 Å². The second-order valence-electron chi connectivity index (χ2n) is 11.3. The topological polar surface area (TPSA) is 22.8 Å². The molecular weight excluding hydrogens is 534 g/mol. The maximum absolute atomic E-state index is 4.49. The summed E-state index contributed by atoms with van der Waals surface area (Å²) in [7, 11) is 0. The highest BCUT2D eigenvalue weighted by molar-refractivity contribution is 6.15. The average molecular weight is 562 g/mol. The van der Waals surface area contributed by atoms with Gasteiger partial charge < -0.3 is 9.13 Å². The number of fused-ring (bicyclic) bond motifs is 6. The van der Waals surface area contributed by atoms with Crippen molar-refractivity contribution in [3.8, 4) is 33.6 Å². The molecule has 0 saturated carbocycles. The van der Waals surface area contributed by atoms with Crippen molar-refractivity contribution in [1.82, 2.24) is 14.1 Å². The molecule has 0 amide bonds. The molecule has 0 spiro atoms. The van der Waals surface area contributed by atoms with E-state index in [1.807, 2.05) is 12.4 Å². The van der Waals surface area contributed by atoms with E-state index in [9.17, 15) is 0 Å². The van der Waals surface area contributed by atoms with Crippen LogP contribution in [-0.4, -0.2) is 14.1 Å². The number of benzene rings is 6. The summed E-state index contributed by atoms with van der Waals surface area (Å²) >= 11 is 0. The van der Waals surface area contributed by atoms with Gasteiger partial charge in [-0.1, -0.05) is 109 Å². The SMILES string of the molecule is c1ccc(-c2ccc(-n3c4ccccc4c4ccc(-c5cccc6c7cnccc7n(-c7ccccc7)c56)cc43)cc2)cc1. The number of rotatable bonds is 4. The summed E-state index contributed by atoms with van der Waals surface area (Å²) < 4.78 is 4.78. The van der Waals surface area contributed by atoms with E-state index >= 15 is 0 Å². The van der Waals surface area contributed by atoms with Gasteiger partial charge in [0.1, 0.15) is 0 Å². The van der Waals surface area contributed by atoms with Gasteiger partial charge in [0.15, 0.2) is 0 Å². The molecule has 0 aliphatic rings. The van der Waals surface area contributed by atoms with Gasteiger partial charge in [-0.3, -0.25) is 4.98 Å². The summed E-state index contributed by atoms with van der Waals surface area (Å²) in [6.45, 7) is 0. The standard InChI is InChI=1S/C41H27N3/c1-3-10-28(11-4-1)29-18-21-32(22-19-29)43-38-17-8-7-14-34(38)35-23-20-30(26-40(35)43)33-15-9-16-36-37-27-42-25-24-39(37)44(41(33)36)31-12-5-2-6-13-31/h1-27H. The summed E-state index contributed by atoms with van der Waals surface area (Å²) in [5.41, 5.74) is 11.8. The van der Waals surface area contributed by atoms with Crippen LogP contribution in [0.25, 0.3) is 77.2 Å². The predicted octanol–water partition coefficient (Wildman–Crippen LogP) is 10.6. The zero-order valence-corrected chi connectivity index (χ0v) is 23.9. The number of nitrogens with zero attached hydrogens (tertiary/aromatic N) is 3. The van der Waals surface area contributed by atoms with E-state index in [0.29, 0.717) is 0 Å². The van der Waals surface area contributed by atoms with Gasteiger partial charge in [-0.05, 0) is 59.2 Å². The number of aromatic nitrogens is 3. The van der Waals surface area contributed by atoms with Gasteiger partial charge in [0.05, 0.1) is 22.1 Å². The first-order valence-electron chi connectivity index (χ1n) is 15.0. The monoisotopic (exact) mass is 561 g/mol. The first-order valence-corrected chi connectivity index (χ1v) is 15.0. The Balaban J connectivity index is 1.30. The number of para-hydroxylation sites is 3. The highest BCUT2D eigenvalue weighted by Gasteiger charge is 2.18. The second kappa shape index (κ2) is 9.82. The smallest absolute Gasteiger partial charge is 0.0620 e. The fraction of sp³-hybridized carbons (Fsp3) is 0. The molecule has 0 unspecified atom stereocenters. The first kappa shape index (κ1) is 24.6. The van der Waals surface area contributed by atoms with Crippen LogP contribution in [0.4, 0.5) is 0 Å². The summed E-state index contributed by atoms with van der Waals surface area (Å²) in [6.07, 6.45) is 3.87. The minimum absolute atomic E-state index is 1.14.